The SMILES string of the molecule is C=C(Nc1cncc(-c2cc3c(-c4nc5c(-c6cccc(F)c6)nccc5[nH]4)n[nH]c3cn2)c1)C1CC1. The highest BCUT2D eigenvalue weighted by Gasteiger charge is 2.24. The van der Waals surface area contributed by atoms with Crippen LogP contribution >= 0.6 is 0 Å². The van der Waals surface area contributed by atoms with Gasteiger partial charge in [0, 0.05) is 34.6 Å². The normalized spacial score (nSPS) is 13.3. The molecule has 8 nitrogen and oxygen atoms in total. The summed E-state index contributed by atoms with van der Waals surface area (Å²) in [5.41, 5.74) is 7.69. The van der Waals surface area contributed by atoms with Crippen LogP contribution in [0.5, 0.6) is 0 Å². The maximum absolute atomic E-state index is 13.9. The van der Waals surface area contributed by atoms with E-state index in [9.17, 15) is 4.39 Å². The van der Waals surface area contributed by atoms with Gasteiger partial charge in [0.1, 0.15) is 17.0 Å². The summed E-state index contributed by atoms with van der Waals surface area (Å²) in [6.45, 7) is 4.14. The molecular formula is C28H21FN8. The molecule has 5 heterocycles. The van der Waals surface area contributed by atoms with Gasteiger partial charge >= 0.3 is 0 Å². The van der Waals surface area contributed by atoms with Gasteiger partial charge in [-0.2, -0.15) is 5.10 Å². The number of hydrogen-bond acceptors (Lipinski definition) is 6. The van der Waals surface area contributed by atoms with Crippen LogP contribution in [0.2, 0.25) is 0 Å². The van der Waals surface area contributed by atoms with Crippen molar-refractivity contribution in [1.29, 1.82) is 0 Å². The zero-order chi connectivity index (χ0) is 24.9. The smallest absolute Gasteiger partial charge is 0.159 e. The Morgan fingerprint density at radius 2 is 1.89 bits per heavy atom. The second kappa shape index (κ2) is 8.34. The third-order valence-corrected chi connectivity index (χ3v) is 6.58. The molecular weight excluding hydrogens is 467 g/mol. The van der Waals surface area contributed by atoms with Gasteiger partial charge in [-0.25, -0.2) is 9.37 Å². The fourth-order valence-electron chi connectivity index (χ4n) is 4.52. The molecule has 0 unspecified atom stereocenters. The average Bonchev–Trinajstić information content (AvgIpc) is 3.55. The molecule has 7 rings (SSSR count). The predicted molar refractivity (Wildman–Crippen MR) is 141 cm³/mol. The largest absolute Gasteiger partial charge is 0.358 e. The van der Waals surface area contributed by atoms with Gasteiger partial charge in [0.15, 0.2) is 5.82 Å². The number of rotatable bonds is 6. The number of halogens is 1. The molecule has 0 amide bonds. The van der Waals surface area contributed by atoms with Crippen molar-refractivity contribution in [3.05, 3.63) is 85.3 Å². The molecule has 0 saturated heterocycles. The lowest BCUT2D eigenvalue weighted by Crippen LogP contribution is -2.00. The van der Waals surface area contributed by atoms with E-state index in [1.54, 1.807) is 30.9 Å². The highest BCUT2D eigenvalue weighted by atomic mass is 19.1. The Morgan fingerprint density at radius 3 is 2.76 bits per heavy atom. The Kier molecular flexibility index (Phi) is 4.81. The summed E-state index contributed by atoms with van der Waals surface area (Å²) >= 11 is 0. The number of hydrogen-bond donors (Lipinski definition) is 3. The molecule has 5 aromatic heterocycles. The number of H-pyrrole nitrogens is 2. The van der Waals surface area contributed by atoms with E-state index >= 15 is 0 Å². The van der Waals surface area contributed by atoms with Crippen LogP contribution in [0.15, 0.2) is 79.5 Å². The van der Waals surface area contributed by atoms with Gasteiger partial charge in [-0.3, -0.25) is 20.1 Å². The molecule has 9 heteroatoms. The van der Waals surface area contributed by atoms with E-state index in [0.29, 0.717) is 34.2 Å². The fourth-order valence-corrected chi connectivity index (χ4v) is 4.52. The van der Waals surface area contributed by atoms with Gasteiger partial charge in [0.05, 0.1) is 40.5 Å². The minimum Gasteiger partial charge on any atom is -0.358 e. The Labute approximate surface area is 210 Å². The second-order valence-corrected chi connectivity index (χ2v) is 9.23. The van der Waals surface area contributed by atoms with E-state index in [4.69, 9.17) is 4.98 Å². The van der Waals surface area contributed by atoms with E-state index in [0.717, 1.165) is 39.1 Å². The first-order chi connectivity index (χ1) is 18.1. The molecule has 1 saturated carbocycles. The van der Waals surface area contributed by atoms with Crippen LogP contribution in [-0.4, -0.2) is 35.1 Å². The highest BCUT2D eigenvalue weighted by molar-refractivity contribution is 5.96. The van der Waals surface area contributed by atoms with Crippen molar-refractivity contribution >= 4 is 27.6 Å². The summed E-state index contributed by atoms with van der Waals surface area (Å²) in [6.07, 6.45) is 9.38. The number of nitrogens with one attached hydrogen (secondary N) is 3. The minimum atomic E-state index is -0.323. The Morgan fingerprint density at radius 1 is 0.973 bits per heavy atom. The summed E-state index contributed by atoms with van der Waals surface area (Å²) < 4.78 is 13.9. The van der Waals surface area contributed by atoms with Crippen molar-refractivity contribution in [3.8, 4) is 34.0 Å². The van der Waals surface area contributed by atoms with E-state index in [2.05, 4.69) is 42.0 Å². The molecule has 0 radical (unpaired) electrons. The lowest BCUT2D eigenvalue weighted by molar-refractivity contribution is 0.628. The zero-order valence-electron chi connectivity index (χ0n) is 19.7. The fraction of sp³-hybridized carbons (Fsp3) is 0.107. The van der Waals surface area contributed by atoms with Gasteiger partial charge < -0.3 is 10.3 Å². The topological polar surface area (TPSA) is 108 Å². The molecule has 1 aliphatic rings. The summed E-state index contributed by atoms with van der Waals surface area (Å²) in [4.78, 5) is 21.6. The van der Waals surface area contributed by atoms with Crippen LogP contribution in [0.3, 0.4) is 0 Å². The molecule has 0 bridgehead atoms. The molecule has 6 aromatic rings. The van der Waals surface area contributed by atoms with Crippen LogP contribution in [0.1, 0.15) is 12.8 Å². The maximum atomic E-state index is 13.9. The third-order valence-electron chi connectivity index (χ3n) is 6.58. The van der Waals surface area contributed by atoms with Crippen LogP contribution in [0.4, 0.5) is 10.1 Å². The van der Waals surface area contributed by atoms with Crippen LogP contribution in [-0.2, 0) is 0 Å². The van der Waals surface area contributed by atoms with E-state index in [1.807, 2.05) is 24.3 Å². The van der Waals surface area contributed by atoms with Gasteiger partial charge in [0.2, 0.25) is 0 Å². The molecule has 3 N–H and O–H groups in total. The summed E-state index contributed by atoms with van der Waals surface area (Å²) in [7, 11) is 0. The number of anilines is 1. The van der Waals surface area contributed by atoms with Gasteiger partial charge in [-0.15, -0.1) is 0 Å². The lowest BCUT2D eigenvalue weighted by atomic mass is 10.1. The lowest BCUT2D eigenvalue weighted by Gasteiger charge is -2.09. The third kappa shape index (κ3) is 3.90. The zero-order valence-corrected chi connectivity index (χ0v) is 19.7. The molecule has 0 atom stereocenters. The van der Waals surface area contributed by atoms with Gasteiger partial charge in [-0.1, -0.05) is 18.7 Å². The van der Waals surface area contributed by atoms with Gasteiger partial charge in [0.25, 0.3) is 0 Å². The van der Waals surface area contributed by atoms with E-state index in [1.165, 1.54) is 25.0 Å². The quantitative estimate of drug-likeness (QED) is 0.261. The summed E-state index contributed by atoms with van der Waals surface area (Å²) in [5.74, 6) is 0.807. The highest BCUT2D eigenvalue weighted by Crippen LogP contribution is 2.36. The van der Waals surface area contributed by atoms with Crippen molar-refractivity contribution in [1.82, 2.24) is 35.1 Å². The molecule has 1 fully saturated rings. The molecule has 37 heavy (non-hydrogen) atoms. The van der Waals surface area contributed by atoms with Crippen molar-refractivity contribution in [3.63, 3.8) is 0 Å². The Balaban J connectivity index is 1.28. The number of allylic oxidation sites excluding steroid dienone is 1. The number of pyridine rings is 3. The first-order valence-electron chi connectivity index (χ1n) is 12.0. The monoisotopic (exact) mass is 488 g/mol. The van der Waals surface area contributed by atoms with E-state index in [-0.39, 0.29) is 5.82 Å². The first-order valence-corrected chi connectivity index (χ1v) is 12.0. The van der Waals surface area contributed by atoms with Crippen LogP contribution in [0, 0.1) is 11.7 Å². The summed E-state index contributed by atoms with van der Waals surface area (Å²) in [5, 5.41) is 11.8. The molecule has 1 aliphatic carbocycles. The predicted octanol–water partition coefficient (Wildman–Crippen LogP) is 6.10. The average molecular weight is 489 g/mol. The second-order valence-electron chi connectivity index (χ2n) is 9.23. The molecule has 180 valence electrons. The number of aromatic amines is 2. The van der Waals surface area contributed by atoms with E-state index < -0.39 is 0 Å². The standard InChI is InChI=1S/C28H21FN8/c1-15(16-5-6-16)33-20-10-18(12-30-13-20)23-11-21-24(14-32-23)36-37-26(21)28-34-22-7-8-31-25(27(22)35-28)17-3-2-4-19(29)9-17/h2-4,7-14,16,33H,1,5-6H2,(H,34,35)(H,36,37). The van der Waals surface area contributed by atoms with Crippen molar-refractivity contribution in [2.75, 3.05) is 5.32 Å². The Hall–Kier alpha value is -4.92. The van der Waals surface area contributed by atoms with Crippen molar-refractivity contribution in [2.24, 2.45) is 5.92 Å². The number of benzene rings is 1. The Bertz CT molecular complexity index is 1810. The molecule has 0 aliphatic heterocycles. The molecule has 0 spiro atoms. The number of imidazole rings is 1. The van der Waals surface area contributed by atoms with Crippen molar-refractivity contribution in [2.45, 2.75) is 12.8 Å². The number of nitrogens with zero attached hydrogens (tertiary/aromatic N) is 5. The van der Waals surface area contributed by atoms with Crippen LogP contribution in [0.25, 0.3) is 56.0 Å². The summed E-state index contributed by atoms with van der Waals surface area (Å²) in [6, 6.07) is 12.2. The van der Waals surface area contributed by atoms with Gasteiger partial charge in [-0.05, 0) is 49.1 Å². The minimum absolute atomic E-state index is 0.323. The van der Waals surface area contributed by atoms with Crippen molar-refractivity contribution < 1.29 is 4.39 Å². The number of fused-ring (bicyclic) bond motifs is 2. The first kappa shape index (κ1) is 21.4. The van der Waals surface area contributed by atoms with Crippen LogP contribution < -0.4 is 5.32 Å². The molecule has 1 aromatic carbocycles. The number of aromatic nitrogens is 7. The maximum Gasteiger partial charge on any atom is 0.159 e.